The van der Waals surface area contributed by atoms with Gasteiger partial charge in [-0.1, -0.05) is 18.2 Å². The third-order valence-electron chi connectivity index (χ3n) is 5.58. The van der Waals surface area contributed by atoms with Gasteiger partial charge in [0.15, 0.2) is 0 Å². The summed E-state index contributed by atoms with van der Waals surface area (Å²) in [5.74, 6) is 0.238. The molecular formula is C24H25N3O5S. The Morgan fingerprint density at radius 3 is 2.24 bits per heavy atom. The van der Waals surface area contributed by atoms with Crippen LogP contribution in [0.2, 0.25) is 0 Å². The monoisotopic (exact) mass is 467 g/mol. The molecule has 0 atom stereocenters. The number of nitrogens with one attached hydrogen (secondary N) is 2. The molecule has 0 saturated carbocycles. The molecule has 0 aliphatic carbocycles. The molecule has 1 fully saturated rings. The van der Waals surface area contributed by atoms with E-state index in [0.717, 1.165) is 0 Å². The van der Waals surface area contributed by atoms with Crippen molar-refractivity contribution in [2.45, 2.75) is 30.3 Å². The molecular weight excluding hydrogens is 442 g/mol. The molecule has 2 N–H and O–H groups in total. The molecule has 1 aliphatic heterocycles. The molecule has 4 rings (SSSR count). The first-order valence-corrected chi connectivity index (χ1v) is 12.2. The van der Waals surface area contributed by atoms with Gasteiger partial charge in [0.25, 0.3) is 11.8 Å². The summed E-state index contributed by atoms with van der Waals surface area (Å²) in [6.45, 7) is 1.08. The van der Waals surface area contributed by atoms with E-state index in [-0.39, 0.29) is 29.3 Å². The maximum atomic E-state index is 12.9. The maximum absolute atomic E-state index is 12.9. The molecule has 0 unspecified atom stereocenters. The van der Waals surface area contributed by atoms with Gasteiger partial charge in [-0.3, -0.25) is 9.59 Å². The van der Waals surface area contributed by atoms with E-state index in [1.807, 2.05) is 18.2 Å². The number of carbonyl (C=O) groups is 2. The first-order chi connectivity index (χ1) is 15.9. The SMILES string of the molecule is O=C(NC1CCN(C(=O)c2ccc(S(=O)(=O)NCc3ccco3)cc2)CC1)c1ccccc1. The number of sulfonamides is 1. The van der Waals surface area contributed by atoms with Crippen LogP contribution in [0, 0.1) is 0 Å². The van der Waals surface area contributed by atoms with Crippen molar-refractivity contribution in [2.24, 2.45) is 0 Å². The van der Waals surface area contributed by atoms with Crippen LogP contribution >= 0.6 is 0 Å². The number of nitrogens with zero attached hydrogens (tertiary/aromatic N) is 1. The van der Waals surface area contributed by atoms with E-state index in [0.29, 0.717) is 42.8 Å². The van der Waals surface area contributed by atoms with Crippen molar-refractivity contribution in [3.05, 3.63) is 89.9 Å². The molecule has 2 heterocycles. The minimum Gasteiger partial charge on any atom is -0.468 e. The van der Waals surface area contributed by atoms with Crippen molar-refractivity contribution in [1.29, 1.82) is 0 Å². The van der Waals surface area contributed by atoms with E-state index in [1.165, 1.54) is 30.5 Å². The fraction of sp³-hybridized carbons (Fsp3) is 0.250. The van der Waals surface area contributed by atoms with Crippen molar-refractivity contribution < 1.29 is 22.4 Å². The summed E-state index contributed by atoms with van der Waals surface area (Å²) in [7, 11) is -3.72. The molecule has 0 radical (unpaired) electrons. The summed E-state index contributed by atoms with van der Waals surface area (Å²) in [4.78, 5) is 27.0. The average Bonchev–Trinajstić information content (AvgIpc) is 3.37. The third kappa shape index (κ3) is 5.68. The highest BCUT2D eigenvalue weighted by molar-refractivity contribution is 7.89. The van der Waals surface area contributed by atoms with Crippen LogP contribution in [0.15, 0.2) is 82.3 Å². The molecule has 1 aliphatic rings. The number of hydrogen-bond donors (Lipinski definition) is 2. The normalized spacial score (nSPS) is 14.7. The van der Waals surface area contributed by atoms with Gasteiger partial charge in [-0.05, 0) is 61.4 Å². The number of hydrogen-bond acceptors (Lipinski definition) is 5. The van der Waals surface area contributed by atoms with Gasteiger partial charge in [0.1, 0.15) is 5.76 Å². The van der Waals surface area contributed by atoms with Gasteiger partial charge in [-0.25, -0.2) is 13.1 Å². The predicted molar refractivity (Wildman–Crippen MR) is 122 cm³/mol. The molecule has 3 aromatic rings. The van der Waals surface area contributed by atoms with E-state index in [1.54, 1.807) is 29.2 Å². The number of likely N-dealkylation sites (tertiary alicyclic amines) is 1. The Morgan fingerprint density at radius 2 is 1.61 bits per heavy atom. The second-order valence-electron chi connectivity index (χ2n) is 7.83. The number of amides is 2. The van der Waals surface area contributed by atoms with Crippen molar-refractivity contribution in [1.82, 2.24) is 14.9 Å². The molecule has 8 nitrogen and oxygen atoms in total. The predicted octanol–water partition coefficient (Wildman–Crippen LogP) is 2.79. The first-order valence-electron chi connectivity index (χ1n) is 10.7. The lowest BCUT2D eigenvalue weighted by molar-refractivity contribution is 0.0698. The number of piperidine rings is 1. The minimum atomic E-state index is -3.72. The Bertz CT molecular complexity index is 1180. The largest absolute Gasteiger partial charge is 0.468 e. The number of carbonyl (C=O) groups excluding carboxylic acids is 2. The lowest BCUT2D eigenvalue weighted by Crippen LogP contribution is -2.46. The van der Waals surface area contributed by atoms with Crippen LogP contribution < -0.4 is 10.0 Å². The van der Waals surface area contributed by atoms with Crippen LogP contribution in [-0.4, -0.2) is 44.3 Å². The summed E-state index contributed by atoms with van der Waals surface area (Å²) in [5, 5.41) is 3.02. The van der Waals surface area contributed by atoms with Crippen LogP contribution in [0.4, 0.5) is 0 Å². The van der Waals surface area contributed by atoms with Gasteiger partial charge in [0, 0.05) is 30.3 Å². The van der Waals surface area contributed by atoms with E-state index in [2.05, 4.69) is 10.0 Å². The molecule has 2 aromatic carbocycles. The smallest absolute Gasteiger partial charge is 0.253 e. The fourth-order valence-electron chi connectivity index (χ4n) is 3.71. The third-order valence-corrected chi connectivity index (χ3v) is 7.00. The molecule has 1 saturated heterocycles. The Balaban J connectivity index is 1.30. The minimum absolute atomic E-state index is 0.00881. The Morgan fingerprint density at radius 1 is 0.909 bits per heavy atom. The molecule has 1 aromatic heterocycles. The summed E-state index contributed by atoms with van der Waals surface area (Å²) in [5.41, 5.74) is 1.04. The van der Waals surface area contributed by atoms with Gasteiger partial charge in [-0.15, -0.1) is 0 Å². The lowest BCUT2D eigenvalue weighted by atomic mass is 10.0. The molecule has 2 amide bonds. The van der Waals surface area contributed by atoms with E-state index < -0.39 is 10.0 Å². The van der Waals surface area contributed by atoms with Crippen molar-refractivity contribution in [3.63, 3.8) is 0 Å². The second kappa shape index (κ2) is 10.0. The Hall–Kier alpha value is -3.43. The quantitative estimate of drug-likeness (QED) is 0.555. The summed E-state index contributed by atoms with van der Waals surface area (Å²) in [6.07, 6.45) is 2.80. The first kappa shape index (κ1) is 22.8. The van der Waals surface area contributed by atoms with Crippen LogP contribution in [0.5, 0.6) is 0 Å². The zero-order valence-corrected chi connectivity index (χ0v) is 18.8. The number of benzene rings is 2. The van der Waals surface area contributed by atoms with Crippen LogP contribution in [0.3, 0.4) is 0 Å². The average molecular weight is 468 g/mol. The van der Waals surface area contributed by atoms with Crippen LogP contribution in [0.1, 0.15) is 39.3 Å². The summed E-state index contributed by atoms with van der Waals surface area (Å²) in [6, 6.07) is 18.3. The molecule has 0 bridgehead atoms. The molecule has 33 heavy (non-hydrogen) atoms. The Labute approximate surface area is 192 Å². The fourth-order valence-corrected chi connectivity index (χ4v) is 4.70. The molecule has 0 spiro atoms. The summed E-state index contributed by atoms with van der Waals surface area (Å²) < 4.78 is 32.5. The standard InChI is InChI=1S/C24H25N3O5S/c28-23(18-5-2-1-3-6-18)26-20-12-14-27(15-13-20)24(29)19-8-10-22(11-9-19)33(30,31)25-17-21-7-4-16-32-21/h1-11,16,20,25H,12-15,17H2,(H,26,28). The van der Waals surface area contributed by atoms with Crippen LogP contribution in [-0.2, 0) is 16.6 Å². The van der Waals surface area contributed by atoms with Gasteiger partial charge < -0.3 is 14.6 Å². The summed E-state index contributed by atoms with van der Waals surface area (Å²) >= 11 is 0. The maximum Gasteiger partial charge on any atom is 0.253 e. The van der Waals surface area contributed by atoms with E-state index in [4.69, 9.17) is 4.42 Å². The van der Waals surface area contributed by atoms with Crippen molar-refractivity contribution in [3.8, 4) is 0 Å². The zero-order valence-electron chi connectivity index (χ0n) is 17.9. The van der Waals surface area contributed by atoms with Crippen molar-refractivity contribution >= 4 is 21.8 Å². The molecule has 9 heteroatoms. The lowest BCUT2D eigenvalue weighted by Gasteiger charge is -2.32. The highest BCUT2D eigenvalue weighted by Crippen LogP contribution is 2.17. The van der Waals surface area contributed by atoms with Gasteiger partial charge in [-0.2, -0.15) is 0 Å². The molecule has 172 valence electrons. The zero-order chi connectivity index (χ0) is 23.3. The highest BCUT2D eigenvalue weighted by atomic mass is 32.2. The van der Waals surface area contributed by atoms with Gasteiger partial charge >= 0.3 is 0 Å². The van der Waals surface area contributed by atoms with Crippen molar-refractivity contribution in [2.75, 3.05) is 13.1 Å². The van der Waals surface area contributed by atoms with E-state index in [9.17, 15) is 18.0 Å². The number of rotatable bonds is 7. The second-order valence-corrected chi connectivity index (χ2v) is 9.60. The Kier molecular flexibility index (Phi) is 6.90. The van der Waals surface area contributed by atoms with Gasteiger partial charge in [0.05, 0.1) is 17.7 Å². The van der Waals surface area contributed by atoms with E-state index >= 15 is 0 Å². The van der Waals surface area contributed by atoms with Gasteiger partial charge in [0.2, 0.25) is 10.0 Å². The highest BCUT2D eigenvalue weighted by Gasteiger charge is 2.25. The topological polar surface area (TPSA) is 109 Å². The number of furan rings is 1. The van der Waals surface area contributed by atoms with Crippen LogP contribution in [0.25, 0.3) is 0 Å².